The summed E-state index contributed by atoms with van der Waals surface area (Å²) in [5.74, 6) is 0.768. The minimum Gasteiger partial charge on any atom is -0.344 e. The van der Waals surface area contributed by atoms with E-state index in [9.17, 15) is 0 Å². The highest BCUT2D eigenvalue weighted by molar-refractivity contribution is 5.30. The van der Waals surface area contributed by atoms with Crippen LogP contribution in [0.25, 0.3) is 0 Å². The van der Waals surface area contributed by atoms with Gasteiger partial charge in [0.2, 0.25) is 5.95 Å². The summed E-state index contributed by atoms with van der Waals surface area (Å²) in [5.41, 5.74) is 7.47. The summed E-state index contributed by atoms with van der Waals surface area (Å²) in [5, 5.41) is 0. The minimum atomic E-state index is 0.460. The summed E-state index contributed by atoms with van der Waals surface area (Å²) in [6.45, 7) is 4.45. The van der Waals surface area contributed by atoms with E-state index in [0.29, 0.717) is 6.54 Å². The molecule has 17 heavy (non-hydrogen) atoms. The molecule has 1 aromatic heterocycles. The maximum atomic E-state index is 5.61. The second kappa shape index (κ2) is 6.51. The van der Waals surface area contributed by atoms with Crippen LogP contribution in [0.2, 0.25) is 0 Å². The summed E-state index contributed by atoms with van der Waals surface area (Å²) in [6, 6.07) is 1.93. The van der Waals surface area contributed by atoms with E-state index in [1.165, 1.54) is 0 Å². The molecule has 1 rings (SSSR count). The van der Waals surface area contributed by atoms with Gasteiger partial charge < -0.3 is 15.5 Å². The molecule has 1 aromatic rings. The van der Waals surface area contributed by atoms with Crippen molar-refractivity contribution in [1.29, 1.82) is 0 Å². The van der Waals surface area contributed by atoms with Gasteiger partial charge >= 0.3 is 0 Å². The number of aromatic nitrogens is 2. The molecule has 0 unspecified atom stereocenters. The molecule has 0 fully saturated rings. The molecule has 0 aromatic carbocycles. The van der Waals surface area contributed by atoms with Crippen molar-refractivity contribution in [2.24, 2.45) is 5.73 Å². The van der Waals surface area contributed by atoms with Crippen LogP contribution in [0.15, 0.2) is 6.07 Å². The van der Waals surface area contributed by atoms with Gasteiger partial charge in [0.05, 0.1) is 5.69 Å². The van der Waals surface area contributed by atoms with Gasteiger partial charge in [-0.05, 0) is 40.1 Å². The standard InChI is InChI=1S/C12H23N5/c1-10-8-11(9-13)15-12(14-10)17(4)7-5-6-16(2)3/h8H,5-7,9,13H2,1-4H3. The highest BCUT2D eigenvalue weighted by Crippen LogP contribution is 2.08. The number of rotatable bonds is 6. The first-order valence-electron chi connectivity index (χ1n) is 5.93. The molecular formula is C12H23N5. The van der Waals surface area contributed by atoms with E-state index in [4.69, 9.17) is 5.73 Å². The molecule has 0 aliphatic rings. The second-order valence-corrected chi connectivity index (χ2v) is 4.58. The maximum Gasteiger partial charge on any atom is 0.225 e. The lowest BCUT2D eigenvalue weighted by molar-refractivity contribution is 0.401. The monoisotopic (exact) mass is 237 g/mol. The van der Waals surface area contributed by atoms with Crippen molar-refractivity contribution in [3.63, 3.8) is 0 Å². The third-order valence-electron chi connectivity index (χ3n) is 2.54. The molecule has 1 heterocycles. The first-order chi connectivity index (χ1) is 8.02. The zero-order valence-electron chi connectivity index (χ0n) is 11.3. The van der Waals surface area contributed by atoms with Gasteiger partial charge in [-0.15, -0.1) is 0 Å². The fourth-order valence-electron chi connectivity index (χ4n) is 1.62. The van der Waals surface area contributed by atoms with Crippen LogP contribution in [0.5, 0.6) is 0 Å². The average Bonchev–Trinajstić information content (AvgIpc) is 2.27. The highest BCUT2D eigenvalue weighted by Gasteiger charge is 2.06. The van der Waals surface area contributed by atoms with Gasteiger partial charge in [0.1, 0.15) is 0 Å². The predicted molar refractivity (Wildman–Crippen MR) is 71.1 cm³/mol. The molecule has 0 spiro atoms. The van der Waals surface area contributed by atoms with E-state index < -0.39 is 0 Å². The van der Waals surface area contributed by atoms with Crippen LogP contribution in [0.3, 0.4) is 0 Å². The van der Waals surface area contributed by atoms with Crippen LogP contribution in [-0.4, -0.2) is 49.1 Å². The van der Waals surface area contributed by atoms with Crippen molar-refractivity contribution < 1.29 is 0 Å². The molecule has 0 atom stereocenters. The topological polar surface area (TPSA) is 58.3 Å². The van der Waals surface area contributed by atoms with E-state index in [2.05, 4.69) is 33.9 Å². The Labute approximate surface area is 104 Å². The third kappa shape index (κ3) is 4.66. The Morgan fingerprint density at radius 1 is 1.18 bits per heavy atom. The molecule has 0 bridgehead atoms. The number of nitrogens with two attached hydrogens (primary N) is 1. The highest BCUT2D eigenvalue weighted by atomic mass is 15.2. The van der Waals surface area contributed by atoms with Gasteiger partial charge in [0, 0.05) is 25.8 Å². The van der Waals surface area contributed by atoms with Crippen LogP contribution in [-0.2, 0) is 6.54 Å². The number of anilines is 1. The van der Waals surface area contributed by atoms with Crippen LogP contribution in [0, 0.1) is 6.92 Å². The molecule has 0 amide bonds. The van der Waals surface area contributed by atoms with Gasteiger partial charge in [-0.1, -0.05) is 0 Å². The number of hydrogen-bond donors (Lipinski definition) is 1. The summed E-state index contributed by atoms with van der Waals surface area (Å²) < 4.78 is 0. The molecule has 0 saturated carbocycles. The minimum absolute atomic E-state index is 0.460. The molecule has 2 N–H and O–H groups in total. The quantitative estimate of drug-likeness (QED) is 0.786. The average molecular weight is 237 g/mol. The largest absolute Gasteiger partial charge is 0.344 e. The van der Waals surface area contributed by atoms with Gasteiger partial charge in [-0.2, -0.15) is 0 Å². The van der Waals surface area contributed by atoms with E-state index in [0.717, 1.165) is 36.8 Å². The van der Waals surface area contributed by atoms with Gasteiger partial charge in [-0.3, -0.25) is 0 Å². The first kappa shape index (κ1) is 13.9. The van der Waals surface area contributed by atoms with Crippen molar-refractivity contribution in [1.82, 2.24) is 14.9 Å². The van der Waals surface area contributed by atoms with Crippen molar-refractivity contribution in [2.75, 3.05) is 39.1 Å². The SMILES string of the molecule is Cc1cc(CN)nc(N(C)CCCN(C)C)n1. The van der Waals surface area contributed by atoms with Crippen LogP contribution < -0.4 is 10.6 Å². The molecule has 0 radical (unpaired) electrons. The Bertz CT molecular complexity index is 351. The van der Waals surface area contributed by atoms with Crippen LogP contribution >= 0.6 is 0 Å². The van der Waals surface area contributed by atoms with Gasteiger partial charge in [-0.25, -0.2) is 9.97 Å². The maximum absolute atomic E-state index is 5.61. The van der Waals surface area contributed by atoms with Crippen molar-refractivity contribution in [2.45, 2.75) is 19.9 Å². The fourth-order valence-corrected chi connectivity index (χ4v) is 1.62. The molecule has 0 saturated heterocycles. The fraction of sp³-hybridized carbons (Fsp3) is 0.667. The Balaban J connectivity index is 2.61. The Morgan fingerprint density at radius 3 is 2.47 bits per heavy atom. The summed E-state index contributed by atoms with van der Waals surface area (Å²) in [4.78, 5) is 13.1. The lowest BCUT2D eigenvalue weighted by Crippen LogP contribution is -2.25. The molecule has 96 valence electrons. The normalized spacial score (nSPS) is 10.9. The van der Waals surface area contributed by atoms with E-state index >= 15 is 0 Å². The van der Waals surface area contributed by atoms with E-state index in [1.807, 2.05) is 20.0 Å². The molecular weight excluding hydrogens is 214 g/mol. The number of aryl methyl sites for hydroxylation is 1. The Morgan fingerprint density at radius 2 is 1.88 bits per heavy atom. The van der Waals surface area contributed by atoms with Crippen LogP contribution in [0.4, 0.5) is 5.95 Å². The van der Waals surface area contributed by atoms with Gasteiger partial charge in [0.25, 0.3) is 0 Å². The smallest absolute Gasteiger partial charge is 0.225 e. The third-order valence-corrected chi connectivity index (χ3v) is 2.54. The molecule has 5 nitrogen and oxygen atoms in total. The van der Waals surface area contributed by atoms with Crippen molar-refractivity contribution in [3.05, 3.63) is 17.5 Å². The lowest BCUT2D eigenvalue weighted by atomic mass is 10.3. The summed E-state index contributed by atoms with van der Waals surface area (Å²) in [7, 11) is 6.18. The zero-order chi connectivity index (χ0) is 12.8. The zero-order valence-corrected chi connectivity index (χ0v) is 11.3. The van der Waals surface area contributed by atoms with E-state index in [1.54, 1.807) is 0 Å². The Kier molecular flexibility index (Phi) is 5.31. The van der Waals surface area contributed by atoms with Gasteiger partial charge in [0.15, 0.2) is 0 Å². The summed E-state index contributed by atoms with van der Waals surface area (Å²) in [6.07, 6.45) is 1.10. The number of nitrogens with zero attached hydrogens (tertiary/aromatic N) is 4. The molecule has 0 aliphatic carbocycles. The summed E-state index contributed by atoms with van der Waals surface area (Å²) >= 11 is 0. The number of hydrogen-bond acceptors (Lipinski definition) is 5. The van der Waals surface area contributed by atoms with Crippen LogP contribution in [0.1, 0.15) is 17.8 Å². The Hall–Kier alpha value is -1.20. The molecule has 0 aliphatic heterocycles. The van der Waals surface area contributed by atoms with Crippen molar-refractivity contribution >= 4 is 5.95 Å². The van der Waals surface area contributed by atoms with Crippen molar-refractivity contribution in [3.8, 4) is 0 Å². The first-order valence-corrected chi connectivity index (χ1v) is 5.93. The lowest BCUT2D eigenvalue weighted by Gasteiger charge is -2.19. The predicted octanol–water partition coefficient (Wildman–Crippen LogP) is 0.632. The second-order valence-electron chi connectivity index (χ2n) is 4.58. The molecule has 5 heteroatoms. The van der Waals surface area contributed by atoms with E-state index in [-0.39, 0.29) is 0 Å².